The summed E-state index contributed by atoms with van der Waals surface area (Å²) in [5.74, 6) is 0. The van der Waals surface area contributed by atoms with Crippen LogP contribution in [0.25, 0.3) is 0 Å². The van der Waals surface area contributed by atoms with Gasteiger partial charge in [0.1, 0.15) is 0 Å². The number of unbranched alkanes of at least 4 members (excludes halogenated alkanes) is 2. The molecule has 0 aliphatic carbocycles. The zero-order valence-corrected chi connectivity index (χ0v) is 13.0. The van der Waals surface area contributed by atoms with E-state index in [-0.39, 0.29) is 0 Å². The van der Waals surface area contributed by atoms with Crippen LogP contribution in [0.15, 0.2) is 11.3 Å². The van der Waals surface area contributed by atoms with Crippen molar-refractivity contribution in [2.75, 3.05) is 13.1 Å². The van der Waals surface area contributed by atoms with Gasteiger partial charge >= 0.3 is 0 Å². The van der Waals surface area contributed by atoms with Crippen molar-refractivity contribution in [1.29, 1.82) is 0 Å². The molecule has 0 heterocycles. The van der Waals surface area contributed by atoms with Crippen LogP contribution in [-0.4, -0.2) is 21.2 Å². The molecule has 0 unspecified atom stereocenters. The first-order chi connectivity index (χ1) is 7.52. The first kappa shape index (κ1) is 15.9. The summed E-state index contributed by atoms with van der Waals surface area (Å²) in [7, 11) is -1.03. The third-order valence-corrected chi connectivity index (χ3v) is 5.53. The quantitative estimate of drug-likeness (QED) is 0.467. The molecule has 0 aliphatic heterocycles. The summed E-state index contributed by atoms with van der Waals surface area (Å²) in [6.45, 7) is 14.2. The molecule has 1 nitrogen and oxygen atoms in total. The SMILES string of the molecule is C/C=C(/CCCCNCCCC)[Si](C)(C)C. The predicted octanol–water partition coefficient (Wildman–Crippen LogP) is 4.37. The average molecular weight is 241 g/mol. The normalized spacial score (nSPS) is 13.2. The Morgan fingerprint density at radius 1 is 1.06 bits per heavy atom. The molecule has 0 rings (SSSR count). The highest BCUT2D eigenvalue weighted by Gasteiger charge is 2.17. The fourth-order valence-corrected chi connectivity index (χ4v) is 3.74. The third-order valence-electron chi connectivity index (χ3n) is 3.07. The lowest BCUT2D eigenvalue weighted by Gasteiger charge is -2.20. The Kier molecular flexibility index (Phi) is 8.95. The van der Waals surface area contributed by atoms with Crippen molar-refractivity contribution in [2.45, 2.75) is 65.6 Å². The van der Waals surface area contributed by atoms with E-state index in [1.165, 1.54) is 45.2 Å². The lowest BCUT2D eigenvalue weighted by atomic mass is 10.2. The summed E-state index contributed by atoms with van der Waals surface area (Å²) >= 11 is 0. The van der Waals surface area contributed by atoms with Crippen LogP contribution in [0.4, 0.5) is 0 Å². The fraction of sp³-hybridized carbons (Fsp3) is 0.857. The van der Waals surface area contributed by atoms with Crippen LogP contribution in [0.2, 0.25) is 19.6 Å². The number of nitrogens with one attached hydrogen (secondary N) is 1. The molecule has 0 aromatic heterocycles. The van der Waals surface area contributed by atoms with Gasteiger partial charge in [-0.3, -0.25) is 0 Å². The van der Waals surface area contributed by atoms with E-state index in [0.29, 0.717) is 0 Å². The third kappa shape index (κ3) is 8.11. The Balaban J connectivity index is 3.51. The molecule has 0 aliphatic rings. The van der Waals surface area contributed by atoms with Gasteiger partial charge in [-0.2, -0.15) is 0 Å². The summed E-state index contributed by atoms with van der Waals surface area (Å²) in [6.07, 6.45) is 8.97. The second kappa shape index (κ2) is 9.00. The maximum Gasteiger partial charge on any atom is 0.0720 e. The summed E-state index contributed by atoms with van der Waals surface area (Å²) in [5, 5.41) is 5.25. The van der Waals surface area contributed by atoms with Crippen LogP contribution in [0.1, 0.15) is 46.0 Å². The van der Waals surface area contributed by atoms with E-state index in [4.69, 9.17) is 0 Å². The highest BCUT2D eigenvalue weighted by Crippen LogP contribution is 2.19. The molecule has 0 spiro atoms. The molecule has 2 heteroatoms. The van der Waals surface area contributed by atoms with Gasteiger partial charge in [-0.25, -0.2) is 0 Å². The second-order valence-electron chi connectivity index (χ2n) is 5.62. The smallest absolute Gasteiger partial charge is 0.0720 e. The van der Waals surface area contributed by atoms with Gasteiger partial charge in [0.15, 0.2) is 0 Å². The van der Waals surface area contributed by atoms with Crippen molar-refractivity contribution < 1.29 is 0 Å². The Morgan fingerprint density at radius 2 is 1.69 bits per heavy atom. The van der Waals surface area contributed by atoms with Crippen LogP contribution >= 0.6 is 0 Å². The van der Waals surface area contributed by atoms with Gasteiger partial charge in [0, 0.05) is 0 Å². The topological polar surface area (TPSA) is 12.0 Å². The predicted molar refractivity (Wildman–Crippen MR) is 78.7 cm³/mol. The van der Waals surface area contributed by atoms with Crippen molar-refractivity contribution in [3.63, 3.8) is 0 Å². The highest BCUT2D eigenvalue weighted by atomic mass is 28.3. The van der Waals surface area contributed by atoms with Crippen molar-refractivity contribution in [3.05, 3.63) is 11.3 Å². The first-order valence-electron chi connectivity index (χ1n) is 6.88. The van der Waals surface area contributed by atoms with E-state index in [9.17, 15) is 0 Å². The van der Waals surface area contributed by atoms with Crippen molar-refractivity contribution in [2.24, 2.45) is 0 Å². The van der Waals surface area contributed by atoms with E-state index < -0.39 is 8.07 Å². The number of hydrogen-bond acceptors (Lipinski definition) is 1. The lowest BCUT2D eigenvalue weighted by Crippen LogP contribution is -2.24. The molecule has 0 saturated carbocycles. The van der Waals surface area contributed by atoms with Gasteiger partial charge < -0.3 is 5.32 Å². The van der Waals surface area contributed by atoms with Gasteiger partial charge in [0.05, 0.1) is 8.07 Å². The highest BCUT2D eigenvalue weighted by molar-refractivity contribution is 6.83. The van der Waals surface area contributed by atoms with Crippen molar-refractivity contribution in [3.8, 4) is 0 Å². The minimum absolute atomic E-state index is 1.03. The molecule has 0 aromatic rings. The van der Waals surface area contributed by atoms with Gasteiger partial charge in [0.2, 0.25) is 0 Å². The zero-order valence-electron chi connectivity index (χ0n) is 12.0. The molecule has 16 heavy (non-hydrogen) atoms. The molecule has 0 aromatic carbocycles. The fourth-order valence-electron chi connectivity index (χ4n) is 1.94. The largest absolute Gasteiger partial charge is 0.317 e. The van der Waals surface area contributed by atoms with Gasteiger partial charge in [-0.15, -0.1) is 0 Å². The van der Waals surface area contributed by atoms with E-state index in [0.717, 1.165) is 0 Å². The van der Waals surface area contributed by atoms with Gasteiger partial charge in [-0.1, -0.05) is 44.3 Å². The molecule has 0 atom stereocenters. The van der Waals surface area contributed by atoms with Crippen LogP contribution < -0.4 is 5.32 Å². The molecule has 0 bridgehead atoms. The monoisotopic (exact) mass is 241 g/mol. The number of allylic oxidation sites excluding steroid dienone is 2. The first-order valence-corrected chi connectivity index (χ1v) is 10.4. The van der Waals surface area contributed by atoms with Crippen LogP contribution in [0.5, 0.6) is 0 Å². The summed E-state index contributed by atoms with van der Waals surface area (Å²) in [6, 6.07) is 0. The minimum Gasteiger partial charge on any atom is -0.317 e. The number of rotatable bonds is 9. The van der Waals surface area contributed by atoms with Crippen molar-refractivity contribution in [1.82, 2.24) is 5.32 Å². The van der Waals surface area contributed by atoms with E-state index >= 15 is 0 Å². The Labute approximate surface area is 104 Å². The lowest BCUT2D eigenvalue weighted by molar-refractivity contribution is 0.600. The van der Waals surface area contributed by atoms with Crippen LogP contribution in [0, 0.1) is 0 Å². The molecular weight excluding hydrogens is 210 g/mol. The maximum absolute atomic E-state index is 3.51. The van der Waals surface area contributed by atoms with Crippen LogP contribution in [0.3, 0.4) is 0 Å². The molecule has 0 amide bonds. The summed E-state index contributed by atoms with van der Waals surface area (Å²) < 4.78 is 0. The maximum atomic E-state index is 3.51. The number of hydrogen-bond donors (Lipinski definition) is 1. The van der Waals surface area contributed by atoms with E-state index in [2.05, 4.69) is 44.9 Å². The Morgan fingerprint density at radius 3 is 2.19 bits per heavy atom. The molecule has 0 fully saturated rings. The molecule has 96 valence electrons. The summed E-state index contributed by atoms with van der Waals surface area (Å²) in [4.78, 5) is 0. The second-order valence-corrected chi connectivity index (χ2v) is 10.8. The standard InChI is InChI=1S/C14H31NSi/c1-6-8-12-15-13-10-9-11-14(7-2)16(3,4)5/h7,15H,6,8-13H2,1-5H3/b14-7-. The van der Waals surface area contributed by atoms with E-state index in [1.54, 1.807) is 5.20 Å². The van der Waals surface area contributed by atoms with Crippen molar-refractivity contribution >= 4 is 8.07 Å². The average Bonchev–Trinajstić information content (AvgIpc) is 2.20. The summed E-state index contributed by atoms with van der Waals surface area (Å²) in [5.41, 5.74) is 0. The Bertz CT molecular complexity index is 191. The minimum atomic E-state index is -1.03. The molecule has 0 saturated heterocycles. The van der Waals surface area contributed by atoms with Gasteiger partial charge in [-0.05, 0) is 45.7 Å². The molecule has 0 radical (unpaired) electrons. The van der Waals surface area contributed by atoms with Gasteiger partial charge in [0.25, 0.3) is 0 Å². The zero-order chi connectivity index (χ0) is 12.4. The Hall–Kier alpha value is -0.0831. The van der Waals surface area contributed by atoms with E-state index in [1.807, 2.05) is 0 Å². The molecule has 1 N–H and O–H groups in total. The van der Waals surface area contributed by atoms with Crippen LogP contribution in [-0.2, 0) is 0 Å². The molecular formula is C14H31NSi.